The number of benzene rings is 1. The molecule has 1 saturated heterocycles. The average Bonchev–Trinajstić information content (AvgIpc) is 2.87. The van der Waals surface area contributed by atoms with Crippen molar-refractivity contribution in [1.29, 1.82) is 0 Å². The molecule has 1 fully saturated rings. The third-order valence-corrected chi connectivity index (χ3v) is 4.03. The van der Waals surface area contributed by atoms with Gasteiger partial charge in [0.2, 0.25) is 5.91 Å². The molecule has 6 heteroatoms. The fraction of sp³-hybridized carbons (Fsp3) is 0.500. The second-order valence-corrected chi connectivity index (χ2v) is 5.85. The fourth-order valence-corrected chi connectivity index (χ4v) is 2.78. The van der Waals surface area contributed by atoms with Crippen LogP contribution in [0.15, 0.2) is 22.7 Å². The Hall–Kier alpha value is -0.980. The Morgan fingerprint density at radius 1 is 1.55 bits per heavy atom. The Labute approximate surface area is 126 Å². The van der Waals surface area contributed by atoms with Crippen LogP contribution in [0.25, 0.3) is 0 Å². The fourth-order valence-electron chi connectivity index (χ4n) is 2.44. The number of hydrogen-bond donors (Lipinski definition) is 2. The summed E-state index contributed by atoms with van der Waals surface area (Å²) in [4.78, 5) is 13.9. The highest BCUT2D eigenvalue weighted by Gasteiger charge is 2.23. The maximum atomic E-state index is 13.6. The molecule has 20 heavy (non-hydrogen) atoms. The zero-order valence-electron chi connectivity index (χ0n) is 11.1. The van der Waals surface area contributed by atoms with Gasteiger partial charge in [-0.05, 0) is 37.6 Å². The summed E-state index contributed by atoms with van der Waals surface area (Å²) in [5, 5.41) is 11.8. The molecular formula is C14H18BrFN2O2. The molecule has 0 saturated carbocycles. The molecule has 0 aromatic heterocycles. The van der Waals surface area contributed by atoms with Crippen LogP contribution in [0.1, 0.15) is 19.3 Å². The number of halogens is 2. The minimum atomic E-state index is -0.456. The molecule has 0 unspecified atom stereocenters. The third-order valence-electron chi connectivity index (χ3n) is 3.54. The number of amides is 1. The molecule has 1 aliphatic heterocycles. The van der Waals surface area contributed by atoms with Crippen LogP contribution in [0.2, 0.25) is 0 Å². The van der Waals surface area contributed by atoms with E-state index in [1.54, 1.807) is 6.07 Å². The van der Waals surface area contributed by atoms with Crippen molar-refractivity contribution >= 4 is 27.5 Å². The van der Waals surface area contributed by atoms with Crippen molar-refractivity contribution in [2.75, 3.05) is 25.0 Å². The minimum absolute atomic E-state index is 0.128. The summed E-state index contributed by atoms with van der Waals surface area (Å²) in [6.45, 7) is 1.63. The van der Waals surface area contributed by atoms with E-state index in [4.69, 9.17) is 0 Å². The van der Waals surface area contributed by atoms with Gasteiger partial charge >= 0.3 is 0 Å². The summed E-state index contributed by atoms with van der Waals surface area (Å²) in [5.74, 6) is -0.669. The van der Waals surface area contributed by atoms with Gasteiger partial charge in [-0.2, -0.15) is 0 Å². The van der Waals surface area contributed by atoms with Crippen LogP contribution in [0, 0.1) is 5.82 Å². The van der Waals surface area contributed by atoms with Crippen LogP contribution in [-0.4, -0.2) is 41.7 Å². The lowest BCUT2D eigenvalue weighted by Crippen LogP contribution is -2.34. The molecule has 1 amide bonds. The lowest BCUT2D eigenvalue weighted by molar-refractivity contribution is -0.116. The number of nitrogens with one attached hydrogen (secondary N) is 1. The van der Waals surface area contributed by atoms with Crippen LogP contribution in [0.5, 0.6) is 0 Å². The van der Waals surface area contributed by atoms with Gasteiger partial charge in [-0.1, -0.05) is 15.9 Å². The number of anilines is 1. The molecule has 0 spiro atoms. The zero-order chi connectivity index (χ0) is 14.5. The van der Waals surface area contributed by atoms with Crippen LogP contribution in [-0.2, 0) is 4.79 Å². The normalized spacial score (nSPS) is 19.2. The first kappa shape index (κ1) is 15.4. The SMILES string of the molecule is O=C(CCN1CCC[C@@H]1CO)Nc1ccc(Br)cc1F. The van der Waals surface area contributed by atoms with Crippen molar-refractivity contribution < 1.29 is 14.3 Å². The smallest absolute Gasteiger partial charge is 0.225 e. The number of carbonyl (C=O) groups excluding carboxylic acids is 1. The van der Waals surface area contributed by atoms with E-state index in [9.17, 15) is 14.3 Å². The molecule has 1 heterocycles. The Morgan fingerprint density at radius 3 is 3.05 bits per heavy atom. The maximum absolute atomic E-state index is 13.6. The van der Waals surface area contributed by atoms with Crippen molar-refractivity contribution in [3.63, 3.8) is 0 Å². The van der Waals surface area contributed by atoms with Gasteiger partial charge in [0.05, 0.1) is 12.3 Å². The minimum Gasteiger partial charge on any atom is -0.395 e. The van der Waals surface area contributed by atoms with Gasteiger partial charge in [-0.25, -0.2) is 4.39 Å². The summed E-state index contributed by atoms with van der Waals surface area (Å²) in [6, 6.07) is 4.69. The van der Waals surface area contributed by atoms with Crippen LogP contribution in [0.4, 0.5) is 10.1 Å². The summed E-state index contributed by atoms with van der Waals surface area (Å²) < 4.78 is 14.2. The lowest BCUT2D eigenvalue weighted by Gasteiger charge is -2.22. The predicted octanol–water partition coefficient (Wildman–Crippen LogP) is 2.37. The van der Waals surface area contributed by atoms with Gasteiger partial charge in [0.1, 0.15) is 5.82 Å². The van der Waals surface area contributed by atoms with Gasteiger partial charge in [0.15, 0.2) is 0 Å². The van der Waals surface area contributed by atoms with Gasteiger partial charge in [-0.15, -0.1) is 0 Å². The van der Waals surface area contributed by atoms with E-state index in [0.717, 1.165) is 19.4 Å². The number of nitrogens with zero attached hydrogens (tertiary/aromatic N) is 1. The molecule has 1 aliphatic rings. The standard InChI is InChI=1S/C14H18BrFN2O2/c15-10-3-4-13(12(16)8-10)17-14(20)5-7-18-6-1-2-11(18)9-19/h3-4,8,11,19H,1-2,5-7,9H2,(H,17,20)/t11-/m1/s1. The molecule has 1 aromatic carbocycles. The van der Waals surface area contributed by atoms with Crippen molar-refractivity contribution in [2.24, 2.45) is 0 Å². The van der Waals surface area contributed by atoms with E-state index in [1.807, 2.05) is 0 Å². The number of aliphatic hydroxyl groups is 1. The Bertz CT molecular complexity index is 484. The molecule has 110 valence electrons. The second kappa shape index (κ2) is 7.15. The molecular weight excluding hydrogens is 327 g/mol. The van der Waals surface area contributed by atoms with E-state index < -0.39 is 5.82 Å². The van der Waals surface area contributed by atoms with Crippen LogP contribution >= 0.6 is 15.9 Å². The highest BCUT2D eigenvalue weighted by atomic mass is 79.9. The molecule has 0 radical (unpaired) electrons. The van der Waals surface area contributed by atoms with Gasteiger partial charge < -0.3 is 10.4 Å². The van der Waals surface area contributed by atoms with Crippen LogP contribution < -0.4 is 5.32 Å². The number of hydrogen-bond acceptors (Lipinski definition) is 3. The highest BCUT2D eigenvalue weighted by molar-refractivity contribution is 9.10. The molecule has 2 rings (SSSR count). The summed E-state index contributed by atoms with van der Waals surface area (Å²) >= 11 is 3.17. The van der Waals surface area contributed by atoms with Crippen molar-refractivity contribution in [3.8, 4) is 0 Å². The molecule has 1 aromatic rings. The van der Waals surface area contributed by atoms with E-state index >= 15 is 0 Å². The largest absolute Gasteiger partial charge is 0.395 e. The number of rotatable bonds is 5. The van der Waals surface area contributed by atoms with E-state index in [0.29, 0.717) is 17.4 Å². The molecule has 0 aliphatic carbocycles. The van der Waals surface area contributed by atoms with E-state index in [1.165, 1.54) is 12.1 Å². The van der Waals surface area contributed by atoms with E-state index in [2.05, 4.69) is 26.1 Å². The van der Waals surface area contributed by atoms with Crippen LogP contribution in [0.3, 0.4) is 0 Å². The summed E-state index contributed by atoms with van der Waals surface area (Å²) in [7, 11) is 0. The molecule has 0 bridgehead atoms. The number of carbonyl (C=O) groups is 1. The van der Waals surface area contributed by atoms with Gasteiger partial charge in [0.25, 0.3) is 0 Å². The molecule has 4 nitrogen and oxygen atoms in total. The topological polar surface area (TPSA) is 52.6 Å². The number of likely N-dealkylation sites (tertiary alicyclic amines) is 1. The Balaban J connectivity index is 1.83. The molecule has 2 N–H and O–H groups in total. The van der Waals surface area contributed by atoms with Gasteiger partial charge in [0, 0.05) is 23.5 Å². The van der Waals surface area contributed by atoms with E-state index in [-0.39, 0.29) is 24.2 Å². The quantitative estimate of drug-likeness (QED) is 0.862. The van der Waals surface area contributed by atoms with Crippen molar-refractivity contribution in [3.05, 3.63) is 28.5 Å². The Kier molecular flexibility index (Phi) is 5.51. The van der Waals surface area contributed by atoms with Crippen molar-refractivity contribution in [2.45, 2.75) is 25.3 Å². The first-order chi connectivity index (χ1) is 9.60. The Morgan fingerprint density at radius 2 is 2.35 bits per heavy atom. The summed E-state index contributed by atoms with van der Waals surface area (Å²) in [6.07, 6.45) is 2.32. The average molecular weight is 345 g/mol. The summed E-state index contributed by atoms with van der Waals surface area (Å²) in [5.41, 5.74) is 0.193. The first-order valence-corrected chi connectivity index (χ1v) is 7.49. The number of aliphatic hydroxyl groups excluding tert-OH is 1. The zero-order valence-corrected chi connectivity index (χ0v) is 12.7. The third kappa shape index (κ3) is 4.01. The second-order valence-electron chi connectivity index (χ2n) is 4.94. The lowest BCUT2D eigenvalue weighted by atomic mass is 10.2. The maximum Gasteiger partial charge on any atom is 0.225 e. The predicted molar refractivity (Wildman–Crippen MR) is 79.0 cm³/mol. The van der Waals surface area contributed by atoms with Crippen molar-refractivity contribution in [1.82, 2.24) is 4.90 Å². The monoisotopic (exact) mass is 344 g/mol. The highest BCUT2D eigenvalue weighted by Crippen LogP contribution is 2.20. The molecule has 1 atom stereocenters. The first-order valence-electron chi connectivity index (χ1n) is 6.70. The van der Waals surface area contributed by atoms with Gasteiger partial charge in [-0.3, -0.25) is 9.69 Å².